The molecule has 0 bridgehead atoms. The zero-order valence-corrected chi connectivity index (χ0v) is 32.0. The fourth-order valence-corrected chi connectivity index (χ4v) is 10.2. The van der Waals surface area contributed by atoms with E-state index in [0.29, 0.717) is 5.92 Å². The van der Waals surface area contributed by atoms with Gasteiger partial charge < -0.3 is 14.4 Å². The molecule has 0 fully saturated rings. The van der Waals surface area contributed by atoms with Crippen LogP contribution in [0.4, 0.5) is 11.4 Å². The number of hydrogen-bond donors (Lipinski definition) is 0. The summed E-state index contributed by atoms with van der Waals surface area (Å²) in [4.78, 5) is 10.3. The fourth-order valence-electron chi connectivity index (χ4n) is 10.2. The summed E-state index contributed by atoms with van der Waals surface area (Å²) in [7, 11) is 2.22. The largest absolute Gasteiger partial charge is 0.336 e. The molecule has 3 atom stereocenters. The van der Waals surface area contributed by atoms with Crippen LogP contribution in [0, 0.1) is 5.92 Å². The van der Waals surface area contributed by atoms with Gasteiger partial charge in [0.25, 0.3) is 0 Å². The molecule has 0 spiro atoms. The molecule has 2 aliphatic carbocycles. The maximum Gasteiger partial charge on any atom is 0.190 e. The van der Waals surface area contributed by atoms with Gasteiger partial charge in [0.2, 0.25) is 0 Å². The zero-order valence-electron chi connectivity index (χ0n) is 32.0. The van der Waals surface area contributed by atoms with Crippen molar-refractivity contribution in [3.8, 4) is 22.5 Å². The van der Waals surface area contributed by atoms with Gasteiger partial charge in [-0.3, -0.25) is 4.57 Å². The van der Waals surface area contributed by atoms with E-state index in [-0.39, 0.29) is 12.3 Å². The maximum atomic E-state index is 5.24. The fraction of sp³-hybridized carbons (Fsp3) is 0.135. The van der Waals surface area contributed by atoms with Gasteiger partial charge in [-0.15, -0.1) is 0 Å². The predicted molar refractivity (Wildman–Crippen MR) is 237 cm³/mol. The number of imidazole rings is 1. The average Bonchev–Trinajstić information content (AvgIpc) is 3.92. The molecular formula is C52H41N5. The normalized spacial score (nSPS) is 19.6. The number of fused-ring (bicyclic) bond motifs is 11. The molecule has 8 aromatic rings. The number of hydrogen-bond acceptors (Lipinski definition) is 3. The molecule has 5 nitrogen and oxygen atoms in total. The molecule has 57 heavy (non-hydrogen) atoms. The van der Waals surface area contributed by atoms with Crippen LogP contribution < -0.4 is 9.80 Å². The summed E-state index contributed by atoms with van der Waals surface area (Å²) in [5, 5.41) is 2.50. The second-order valence-electron chi connectivity index (χ2n) is 16.0. The van der Waals surface area contributed by atoms with Crippen molar-refractivity contribution in [1.82, 2.24) is 14.1 Å². The molecule has 0 radical (unpaired) electrons. The summed E-state index contributed by atoms with van der Waals surface area (Å²) in [6.45, 7) is 2.36. The van der Waals surface area contributed by atoms with Crippen molar-refractivity contribution in [2.45, 2.75) is 32.1 Å². The Morgan fingerprint density at radius 3 is 2.23 bits per heavy atom. The third-order valence-electron chi connectivity index (χ3n) is 12.9. The van der Waals surface area contributed by atoms with Crippen molar-refractivity contribution in [3.05, 3.63) is 187 Å². The minimum atomic E-state index is -0.171. The lowest BCUT2D eigenvalue weighted by Gasteiger charge is -2.39. The number of anilines is 2. The van der Waals surface area contributed by atoms with E-state index in [1.165, 1.54) is 72.3 Å². The Labute approximate surface area is 332 Å². The summed E-state index contributed by atoms with van der Waals surface area (Å²) >= 11 is 0. The molecule has 6 aromatic carbocycles. The van der Waals surface area contributed by atoms with E-state index in [9.17, 15) is 0 Å². The summed E-state index contributed by atoms with van der Waals surface area (Å²) in [6, 6.07) is 51.6. The van der Waals surface area contributed by atoms with Gasteiger partial charge in [-0.25, -0.2) is 4.98 Å². The molecule has 0 amide bonds. The SMILES string of the molecule is CC1CC=CC=C1N1c2ccccc2C2=CC=C(c3cccc(-c4ccc5c6ccccc6n(C6N(C)c7ccccc7-c7nc8ccccc8n76)c5c4)c3)CC21. The van der Waals surface area contributed by atoms with Crippen LogP contribution in [0.3, 0.4) is 0 Å². The minimum Gasteiger partial charge on any atom is -0.336 e. The Balaban J connectivity index is 0.985. The second kappa shape index (κ2) is 12.3. The highest BCUT2D eigenvalue weighted by atomic mass is 15.4. The van der Waals surface area contributed by atoms with Gasteiger partial charge >= 0.3 is 0 Å². The summed E-state index contributed by atoms with van der Waals surface area (Å²) < 4.78 is 4.96. The van der Waals surface area contributed by atoms with Crippen LogP contribution in [0.1, 0.15) is 37.2 Å². The average molecular weight is 736 g/mol. The smallest absolute Gasteiger partial charge is 0.190 e. The second-order valence-corrected chi connectivity index (χ2v) is 16.0. The van der Waals surface area contributed by atoms with Gasteiger partial charge in [-0.05, 0) is 101 Å². The van der Waals surface area contributed by atoms with Gasteiger partial charge in [0, 0.05) is 40.3 Å². The lowest BCUT2D eigenvalue weighted by molar-refractivity contribution is 0.453. The molecule has 3 unspecified atom stereocenters. The first-order chi connectivity index (χ1) is 28.1. The van der Waals surface area contributed by atoms with Crippen molar-refractivity contribution in [2.75, 3.05) is 16.8 Å². The van der Waals surface area contributed by atoms with Gasteiger partial charge in [0.1, 0.15) is 5.82 Å². The van der Waals surface area contributed by atoms with Crippen molar-refractivity contribution < 1.29 is 0 Å². The third-order valence-corrected chi connectivity index (χ3v) is 12.9. The quantitative estimate of drug-likeness (QED) is 0.180. The molecule has 4 aliphatic rings. The standard InChI is InChI=1S/C52H41N5/c1-33-14-3-8-21-44(33)55-46-23-10-4-17-38(46)40-28-26-36(31-49(40)55)34-15-13-16-35(30-34)37-27-29-41-39-18-5-11-24-47(39)56(50(41)32-37)52-54(2)45-22-9-6-19-42(45)51-53-43-20-7-12-25-48(43)57(51)52/h3-13,15-30,32-33,49,52H,14,31H2,1-2H3. The highest BCUT2D eigenvalue weighted by Crippen LogP contribution is 2.50. The van der Waals surface area contributed by atoms with Crippen LogP contribution >= 0.6 is 0 Å². The minimum absolute atomic E-state index is 0.171. The first-order valence-electron chi connectivity index (χ1n) is 20.2. The van der Waals surface area contributed by atoms with E-state index in [1.54, 1.807) is 0 Å². The van der Waals surface area contributed by atoms with Crippen LogP contribution in [0.25, 0.3) is 66.5 Å². The molecule has 2 aromatic heterocycles. The third kappa shape index (κ3) is 4.72. The highest BCUT2D eigenvalue weighted by Gasteiger charge is 2.39. The van der Waals surface area contributed by atoms with Crippen LogP contribution in [0.5, 0.6) is 0 Å². The van der Waals surface area contributed by atoms with E-state index in [2.05, 4.69) is 203 Å². The zero-order chi connectivity index (χ0) is 37.8. The van der Waals surface area contributed by atoms with Crippen molar-refractivity contribution in [3.63, 3.8) is 0 Å². The molecule has 0 N–H and O–H groups in total. The van der Waals surface area contributed by atoms with E-state index < -0.39 is 0 Å². The van der Waals surface area contributed by atoms with Gasteiger partial charge in [-0.2, -0.15) is 0 Å². The number of allylic oxidation sites excluding steroid dienone is 6. The molecule has 0 saturated heterocycles. The van der Waals surface area contributed by atoms with Crippen LogP contribution in [0.15, 0.2) is 176 Å². The first-order valence-corrected chi connectivity index (χ1v) is 20.2. The topological polar surface area (TPSA) is 29.2 Å². The number of benzene rings is 6. The number of nitrogens with zero attached hydrogens (tertiary/aromatic N) is 5. The van der Waals surface area contributed by atoms with Crippen LogP contribution in [-0.2, 0) is 0 Å². The van der Waals surface area contributed by atoms with E-state index in [0.717, 1.165) is 35.3 Å². The summed E-state index contributed by atoms with van der Waals surface area (Å²) in [6.07, 6.45) is 13.5. The Morgan fingerprint density at radius 1 is 0.596 bits per heavy atom. The van der Waals surface area contributed by atoms with Crippen molar-refractivity contribution >= 4 is 55.4 Å². The van der Waals surface area contributed by atoms with Crippen LogP contribution in [-0.4, -0.2) is 27.2 Å². The molecule has 0 saturated carbocycles. The van der Waals surface area contributed by atoms with Gasteiger partial charge in [0.15, 0.2) is 6.29 Å². The molecular weight excluding hydrogens is 695 g/mol. The molecule has 274 valence electrons. The van der Waals surface area contributed by atoms with Crippen LogP contribution in [0.2, 0.25) is 0 Å². The molecule has 5 heteroatoms. The molecule has 2 aliphatic heterocycles. The van der Waals surface area contributed by atoms with Crippen molar-refractivity contribution in [2.24, 2.45) is 5.92 Å². The number of para-hydroxylation sites is 5. The monoisotopic (exact) mass is 735 g/mol. The molecule has 4 heterocycles. The van der Waals surface area contributed by atoms with Crippen molar-refractivity contribution in [1.29, 1.82) is 0 Å². The highest BCUT2D eigenvalue weighted by molar-refractivity contribution is 6.09. The first kappa shape index (κ1) is 32.4. The predicted octanol–water partition coefficient (Wildman–Crippen LogP) is 12.5. The van der Waals surface area contributed by atoms with Gasteiger partial charge in [-0.1, -0.05) is 122 Å². The maximum absolute atomic E-state index is 5.24. The Morgan fingerprint density at radius 2 is 1.33 bits per heavy atom. The van der Waals surface area contributed by atoms with E-state index in [4.69, 9.17) is 4.98 Å². The summed E-state index contributed by atoms with van der Waals surface area (Å²) in [5.41, 5.74) is 17.5. The Bertz CT molecular complexity index is 3090. The number of rotatable bonds is 4. The molecule has 12 rings (SSSR count). The lowest BCUT2D eigenvalue weighted by Crippen LogP contribution is -2.38. The number of aromatic nitrogens is 3. The van der Waals surface area contributed by atoms with Gasteiger partial charge in [0.05, 0.1) is 33.8 Å². The summed E-state index contributed by atoms with van der Waals surface area (Å²) in [5.74, 6) is 1.48. The van der Waals surface area contributed by atoms with E-state index in [1.807, 2.05) is 0 Å². The van der Waals surface area contributed by atoms with E-state index >= 15 is 0 Å². The lowest BCUT2D eigenvalue weighted by atomic mass is 9.86. The Kier molecular flexibility index (Phi) is 7.01. The Hall–Kier alpha value is -6.85.